The van der Waals surface area contributed by atoms with Gasteiger partial charge in [0.25, 0.3) is 0 Å². The maximum atomic E-state index is 9.95. The highest BCUT2D eigenvalue weighted by Gasteiger charge is 2.33. The maximum Gasteiger partial charge on any atom is 0.120 e. The number of anilines is 1. The number of phenols is 1. The summed E-state index contributed by atoms with van der Waals surface area (Å²) in [4.78, 5) is 2.27. The number of benzene rings is 1. The average Bonchev–Trinajstić information content (AvgIpc) is 2.54. The molecule has 0 radical (unpaired) electrons. The Kier molecular flexibility index (Phi) is 3.04. The quantitative estimate of drug-likeness (QED) is 0.845. The number of fused-ring (bicyclic) bond motifs is 1. The normalized spacial score (nSPS) is 19.5. The van der Waals surface area contributed by atoms with Crippen molar-refractivity contribution in [1.29, 1.82) is 0 Å². The second-order valence-electron chi connectivity index (χ2n) is 5.44. The number of aliphatic hydroxyl groups is 1. The monoisotopic (exact) mass is 235 g/mol. The van der Waals surface area contributed by atoms with Crippen molar-refractivity contribution in [1.82, 2.24) is 0 Å². The van der Waals surface area contributed by atoms with E-state index in [9.17, 15) is 10.2 Å². The summed E-state index contributed by atoms with van der Waals surface area (Å²) < 4.78 is 0. The Labute approximate surface area is 103 Å². The van der Waals surface area contributed by atoms with Crippen molar-refractivity contribution in [2.24, 2.45) is 0 Å². The van der Waals surface area contributed by atoms with Gasteiger partial charge in [-0.25, -0.2) is 0 Å². The first kappa shape index (κ1) is 12.2. The van der Waals surface area contributed by atoms with E-state index in [4.69, 9.17) is 0 Å². The van der Waals surface area contributed by atoms with Gasteiger partial charge in [0.05, 0.1) is 5.60 Å². The lowest BCUT2D eigenvalue weighted by molar-refractivity contribution is 0.0635. The van der Waals surface area contributed by atoms with Crippen molar-refractivity contribution >= 4 is 5.69 Å². The molecule has 1 heterocycles. The van der Waals surface area contributed by atoms with E-state index in [-0.39, 0.29) is 6.04 Å². The molecule has 0 saturated carbocycles. The van der Waals surface area contributed by atoms with Gasteiger partial charge in [-0.1, -0.05) is 6.07 Å². The van der Waals surface area contributed by atoms with Crippen LogP contribution < -0.4 is 4.90 Å². The summed E-state index contributed by atoms with van der Waals surface area (Å²) in [6.07, 6.45) is 1.54. The lowest BCUT2D eigenvalue weighted by Gasteiger charge is -2.30. The Bertz CT molecular complexity index is 409. The third kappa shape index (κ3) is 2.39. The van der Waals surface area contributed by atoms with Crippen molar-refractivity contribution < 1.29 is 10.2 Å². The number of rotatable bonds is 3. The molecule has 0 amide bonds. The molecular formula is C14H21NO2. The summed E-state index contributed by atoms with van der Waals surface area (Å²) in [5, 5.41) is 19.8. The first-order valence-corrected chi connectivity index (χ1v) is 6.22. The SMILES string of the molecule is CCN1c2cccc(O)c2CC1CC(C)(C)O. The van der Waals surface area contributed by atoms with Crippen LogP contribution in [0.1, 0.15) is 32.8 Å². The van der Waals surface area contributed by atoms with Gasteiger partial charge in [0.1, 0.15) is 5.75 Å². The molecule has 0 saturated heterocycles. The molecule has 94 valence electrons. The van der Waals surface area contributed by atoms with Crippen LogP contribution in [0.3, 0.4) is 0 Å². The molecule has 1 aromatic rings. The number of likely N-dealkylation sites (N-methyl/N-ethyl adjacent to an activating group) is 1. The Balaban J connectivity index is 2.28. The molecule has 2 N–H and O–H groups in total. The predicted octanol–water partition coefficient (Wildman–Crippen LogP) is 2.30. The molecule has 0 aromatic heterocycles. The van der Waals surface area contributed by atoms with Gasteiger partial charge in [-0.3, -0.25) is 0 Å². The molecule has 0 bridgehead atoms. The van der Waals surface area contributed by atoms with Gasteiger partial charge in [0.15, 0.2) is 0 Å². The summed E-state index contributed by atoms with van der Waals surface area (Å²) in [7, 11) is 0. The van der Waals surface area contributed by atoms with E-state index in [0.717, 1.165) is 30.6 Å². The van der Waals surface area contributed by atoms with Crippen LogP contribution in [-0.4, -0.2) is 28.4 Å². The second-order valence-corrected chi connectivity index (χ2v) is 5.44. The van der Waals surface area contributed by atoms with Crippen LogP contribution >= 0.6 is 0 Å². The third-order valence-electron chi connectivity index (χ3n) is 3.39. The van der Waals surface area contributed by atoms with E-state index in [1.54, 1.807) is 6.07 Å². The van der Waals surface area contributed by atoms with Crippen LogP contribution in [-0.2, 0) is 6.42 Å². The number of hydrogen-bond donors (Lipinski definition) is 2. The van der Waals surface area contributed by atoms with E-state index in [1.807, 2.05) is 26.0 Å². The second kappa shape index (κ2) is 4.22. The summed E-state index contributed by atoms with van der Waals surface area (Å²) in [6, 6.07) is 5.94. The minimum Gasteiger partial charge on any atom is -0.508 e. The van der Waals surface area contributed by atoms with Crippen molar-refractivity contribution in [2.45, 2.75) is 45.3 Å². The number of nitrogens with zero attached hydrogens (tertiary/aromatic N) is 1. The van der Waals surface area contributed by atoms with Crippen molar-refractivity contribution in [3.05, 3.63) is 23.8 Å². The smallest absolute Gasteiger partial charge is 0.120 e. The standard InChI is InChI=1S/C14H21NO2/c1-4-15-10(9-14(2,3)17)8-11-12(15)6-5-7-13(11)16/h5-7,10,16-17H,4,8-9H2,1-3H3. The van der Waals surface area contributed by atoms with E-state index < -0.39 is 5.60 Å². The van der Waals surface area contributed by atoms with Gasteiger partial charge in [-0.15, -0.1) is 0 Å². The minimum atomic E-state index is -0.671. The van der Waals surface area contributed by atoms with Gasteiger partial charge in [-0.2, -0.15) is 0 Å². The van der Waals surface area contributed by atoms with Crippen molar-refractivity contribution in [2.75, 3.05) is 11.4 Å². The zero-order valence-electron chi connectivity index (χ0n) is 10.8. The van der Waals surface area contributed by atoms with Gasteiger partial charge < -0.3 is 15.1 Å². The number of phenolic OH excluding ortho intramolecular Hbond substituents is 1. The summed E-state index contributed by atoms with van der Waals surface area (Å²) in [6.45, 7) is 6.68. The first-order chi connectivity index (χ1) is 7.92. The molecule has 17 heavy (non-hydrogen) atoms. The fraction of sp³-hybridized carbons (Fsp3) is 0.571. The minimum absolute atomic E-state index is 0.281. The fourth-order valence-electron chi connectivity index (χ4n) is 2.77. The molecule has 1 aliphatic heterocycles. The Morgan fingerprint density at radius 1 is 1.41 bits per heavy atom. The average molecular weight is 235 g/mol. The highest BCUT2D eigenvalue weighted by molar-refractivity contribution is 5.64. The molecule has 0 aliphatic carbocycles. The van der Waals surface area contributed by atoms with Crippen LogP contribution in [0.4, 0.5) is 5.69 Å². The predicted molar refractivity (Wildman–Crippen MR) is 69.5 cm³/mol. The van der Waals surface area contributed by atoms with Gasteiger partial charge in [-0.05, 0) is 45.7 Å². The zero-order valence-corrected chi connectivity index (χ0v) is 10.8. The first-order valence-electron chi connectivity index (χ1n) is 6.22. The third-order valence-corrected chi connectivity index (χ3v) is 3.39. The van der Waals surface area contributed by atoms with Crippen LogP contribution in [0.25, 0.3) is 0 Å². The molecule has 1 unspecified atom stereocenters. The van der Waals surface area contributed by atoms with Gasteiger partial charge in [0, 0.05) is 23.8 Å². The van der Waals surface area contributed by atoms with Gasteiger partial charge in [0.2, 0.25) is 0 Å². The zero-order chi connectivity index (χ0) is 12.6. The van der Waals surface area contributed by atoms with E-state index in [0.29, 0.717) is 5.75 Å². The molecule has 2 rings (SSSR count). The topological polar surface area (TPSA) is 43.7 Å². The highest BCUT2D eigenvalue weighted by Crippen LogP contribution is 2.39. The maximum absolute atomic E-state index is 9.95. The lowest BCUT2D eigenvalue weighted by Crippen LogP contribution is -2.38. The summed E-state index contributed by atoms with van der Waals surface area (Å²) in [5.74, 6) is 0.374. The molecular weight excluding hydrogens is 214 g/mol. The van der Waals surface area contributed by atoms with Gasteiger partial charge >= 0.3 is 0 Å². The largest absolute Gasteiger partial charge is 0.508 e. The Morgan fingerprint density at radius 2 is 2.12 bits per heavy atom. The molecule has 3 nitrogen and oxygen atoms in total. The lowest BCUT2D eigenvalue weighted by atomic mass is 9.96. The fourth-order valence-corrected chi connectivity index (χ4v) is 2.77. The summed E-state index contributed by atoms with van der Waals surface area (Å²) >= 11 is 0. The molecule has 1 atom stereocenters. The molecule has 1 aromatic carbocycles. The highest BCUT2D eigenvalue weighted by atomic mass is 16.3. The van der Waals surface area contributed by atoms with E-state index in [2.05, 4.69) is 11.8 Å². The van der Waals surface area contributed by atoms with Crippen LogP contribution in [0.5, 0.6) is 5.75 Å². The van der Waals surface area contributed by atoms with Crippen LogP contribution in [0.15, 0.2) is 18.2 Å². The number of hydrogen-bond acceptors (Lipinski definition) is 3. The number of aromatic hydroxyl groups is 1. The molecule has 0 fully saturated rings. The van der Waals surface area contributed by atoms with Crippen LogP contribution in [0.2, 0.25) is 0 Å². The Hall–Kier alpha value is -1.22. The molecule has 0 spiro atoms. The van der Waals surface area contributed by atoms with E-state index in [1.165, 1.54) is 0 Å². The molecule has 3 heteroatoms. The Morgan fingerprint density at radius 3 is 2.71 bits per heavy atom. The van der Waals surface area contributed by atoms with E-state index >= 15 is 0 Å². The van der Waals surface area contributed by atoms with Crippen molar-refractivity contribution in [3.8, 4) is 5.75 Å². The summed E-state index contributed by atoms with van der Waals surface area (Å²) in [5.41, 5.74) is 1.46. The van der Waals surface area contributed by atoms with Crippen LogP contribution in [0, 0.1) is 0 Å². The molecule has 1 aliphatic rings. The van der Waals surface area contributed by atoms with Crippen molar-refractivity contribution in [3.63, 3.8) is 0 Å².